The molecule has 0 saturated heterocycles. The van der Waals surface area contributed by atoms with Crippen LogP contribution in [0.4, 0.5) is 11.6 Å². The van der Waals surface area contributed by atoms with Crippen molar-refractivity contribution in [3.8, 4) is 0 Å². The van der Waals surface area contributed by atoms with Gasteiger partial charge in [-0.15, -0.1) is 11.3 Å². The van der Waals surface area contributed by atoms with Crippen molar-refractivity contribution in [2.45, 2.75) is 38.5 Å². The number of thiazole rings is 1. The average molecular weight is 303 g/mol. The highest BCUT2D eigenvalue weighted by Gasteiger charge is 2.27. The Kier molecular flexibility index (Phi) is 4.34. The molecule has 0 aliphatic heterocycles. The molecule has 0 amide bonds. The van der Waals surface area contributed by atoms with Gasteiger partial charge in [-0.25, -0.2) is 15.0 Å². The molecule has 112 valence electrons. The number of rotatable bonds is 7. The minimum Gasteiger partial charge on any atom is -0.370 e. The van der Waals surface area contributed by atoms with Crippen LogP contribution in [-0.2, 0) is 0 Å². The average Bonchev–Trinajstić information content (AvgIpc) is 3.20. The maximum atomic E-state index is 4.65. The van der Waals surface area contributed by atoms with Crippen LogP contribution < -0.4 is 10.6 Å². The van der Waals surface area contributed by atoms with Crippen molar-refractivity contribution < 1.29 is 0 Å². The van der Waals surface area contributed by atoms with Gasteiger partial charge < -0.3 is 10.6 Å². The third-order valence-corrected chi connectivity index (χ3v) is 4.51. The van der Waals surface area contributed by atoms with Crippen LogP contribution in [0.1, 0.15) is 49.4 Å². The molecule has 2 aromatic rings. The predicted octanol–water partition coefficient (Wildman–Crippen LogP) is 3.46. The van der Waals surface area contributed by atoms with E-state index in [0.717, 1.165) is 35.6 Å². The Morgan fingerprint density at radius 2 is 2.05 bits per heavy atom. The first-order valence-electron chi connectivity index (χ1n) is 7.52. The summed E-state index contributed by atoms with van der Waals surface area (Å²) in [5.74, 6) is 3.73. The first-order chi connectivity index (χ1) is 10.3. The number of nitrogens with zero attached hydrogens (tertiary/aromatic N) is 3. The van der Waals surface area contributed by atoms with E-state index in [1.54, 1.807) is 11.3 Å². The van der Waals surface area contributed by atoms with Gasteiger partial charge in [0.15, 0.2) is 0 Å². The molecule has 21 heavy (non-hydrogen) atoms. The molecule has 1 aliphatic rings. The molecular formula is C15H21N5S. The van der Waals surface area contributed by atoms with E-state index in [1.807, 2.05) is 17.6 Å². The van der Waals surface area contributed by atoms with Gasteiger partial charge in [0.25, 0.3) is 0 Å². The number of nitrogens with one attached hydrogen (secondary N) is 2. The first kappa shape index (κ1) is 14.3. The summed E-state index contributed by atoms with van der Waals surface area (Å²) in [6.45, 7) is 5.97. The Labute approximate surface area is 129 Å². The third kappa shape index (κ3) is 3.69. The largest absolute Gasteiger partial charge is 0.370 e. The Morgan fingerprint density at radius 3 is 2.67 bits per heavy atom. The van der Waals surface area contributed by atoms with Crippen LogP contribution in [0.25, 0.3) is 0 Å². The van der Waals surface area contributed by atoms with E-state index in [-0.39, 0.29) is 0 Å². The Hall–Kier alpha value is -1.69. The standard InChI is InChI=1S/C15H21N5S/c1-3-16-12-8-13(20-14(19-12)11-4-5-11)18-9-10(2)15-17-6-7-21-15/h6-8,10-11H,3-5,9H2,1-2H3,(H2,16,18,19,20). The lowest BCUT2D eigenvalue weighted by Crippen LogP contribution is -2.12. The van der Waals surface area contributed by atoms with Gasteiger partial charge >= 0.3 is 0 Å². The van der Waals surface area contributed by atoms with Crippen LogP contribution in [0.3, 0.4) is 0 Å². The smallest absolute Gasteiger partial charge is 0.136 e. The fourth-order valence-electron chi connectivity index (χ4n) is 2.18. The van der Waals surface area contributed by atoms with Crippen LogP contribution in [0, 0.1) is 0 Å². The second-order valence-corrected chi connectivity index (χ2v) is 6.38. The molecule has 1 atom stereocenters. The maximum absolute atomic E-state index is 4.65. The summed E-state index contributed by atoms with van der Waals surface area (Å²) in [6.07, 6.45) is 4.28. The number of aromatic nitrogens is 3. The van der Waals surface area contributed by atoms with Crippen LogP contribution in [0.15, 0.2) is 17.6 Å². The number of hydrogen-bond donors (Lipinski definition) is 2. The lowest BCUT2D eigenvalue weighted by Gasteiger charge is -2.13. The van der Waals surface area contributed by atoms with Gasteiger partial charge in [-0.2, -0.15) is 0 Å². The first-order valence-corrected chi connectivity index (χ1v) is 8.40. The zero-order chi connectivity index (χ0) is 14.7. The summed E-state index contributed by atoms with van der Waals surface area (Å²) in [5.41, 5.74) is 0. The van der Waals surface area contributed by atoms with Crippen molar-refractivity contribution in [2.75, 3.05) is 23.7 Å². The number of hydrogen-bond acceptors (Lipinski definition) is 6. The van der Waals surface area contributed by atoms with Crippen LogP contribution in [0.2, 0.25) is 0 Å². The molecular weight excluding hydrogens is 282 g/mol. The van der Waals surface area contributed by atoms with Crippen molar-refractivity contribution in [3.05, 3.63) is 28.5 Å². The van der Waals surface area contributed by atoms with E-state index in [4.69, 9.17) is 0 Å². The molecule has 0 bridgehead atoms. The Bertz CT molecular complexity index is 580. The molecule has 2 aromatic heterocycles. The van der Waals surface area contributed by atoms with Crippen molar-refractivity contribution in [3.63, 3.8) is 0 Å². The highest BCUT2D eigenvalue weighted by Crippen LogP contribution is 2.38. The second-order valence-electron chi connectivity index (χ2n) is 5.45. The summed E-state index contributed by atoms with van der Waals surface area (Å²) < 4.78 is 0. The molecule has 2 N–H and O–H groups in total. The molecule has 0 spiro atoms. The zero-order valence-corrected chi connectivity index (χ0v) is 13.3. The van der Waals surface area contributed by atoms with Crippen molar-refractivity contribution in [2.24, 2.45) is 0 Å². The maximum Gasteiger partial charge on any atom is 0.136 e. The van der Waals surface area contributed by atoms with Gasteiger partial charge in [0.2, 0.25) is 0 Å². The molecule has 1 unspecified atom stereocenters. The van der Waals surface area contributed by atoms with E-state index in [0.29, 0.717) is 11.8 Å². The van der Waals surface area contributed by atoms with Gasteiger partial charge in [0.1, 0.15) is 17.5 Å². The van der Waals surface area contributed by atoms with Crippen molar-refractivity contribution in [1.29, 1.82) is 0 Å². The SMILES string of the molecule is CCNc1cc(NCC(C)c2nccs2)nc(C2CC2)n1. The van der Waals surface area contributed by atoms with Crippen LogP contribution in [-0.4, -0.2) is 28.0 Å². The van der Waals surface area contributed by atoms with Crippen molar-refractivity contribution in [1.82, 2.24) is 15.0 Å². The second kappa shape index (κ2) is 6.39. The minimum absolute atomic E-state index is 0.381. The predicted molar refractivity (Wildman–Crippen MR) is 87.2 cm³/mol. The van der Waals surface area contributed by atoms with Gasteiger partial charge in [0, 0.05) is 42.6 Å². The summed E-state index contributed by atoms with van der Waals surface area (Å²) in [5, 5.41) is 9.89. The lowest BCUT2D eigenvalue weighted by atomic mass is 10.2. The van der Waals surface area contributed by atoms with Gasteiger partial charge in [-0.1, -0.05) is 6.92 Å². The molecule has 1 saturated carbocycles. The summed E-state index contributed by atoms with van der Waals surface area (Å²) in [7, 11) is 0. The number of anilines is 2. The van der Waals surface area contributed by atoms with Gasteiger partial charge in [0.05, 0.1) is 5.01 Å². The highest BCUT2D eigenvalue weighted by molar-refractivity contribution is 7.09. The van der Waals surface area contributed by atoms with E-state index in [9.17, 15) is 0 Å². The molecule has 3 rings (SSSR count). The topological polar surface area (TPSA) is 62.7 Å². The van der Waals surface area contributed by atoms with E-state index in [1.165, 1.54) is 12.8 Å². The zero-order valence-electron chi connectivity index (χ0n) is 12.5. The molecule has 1 fully saturated rings. The normalized spacial score (nSPS) is 15.7. The highest BCUT2D eigenvalue weighted by atomic mass is 32.1. The third-order valence-electron chi connectivity index (χ3n) is 3.51. The Balaban J connectivity index is 1.68. The van der Waals surface area contributed by atoms with E-state index >= 15 is 0 Å². The van der Waals surface area contributed by atoms with Gasteiger partial charge in [-0.05, 0) is 19.8 Å². The monoisotopic (exact) mass is 303 g/mol. The summed E-state index contributed by atoms with van der Waals surface area (Å²) >= 11 is 1.70. The fraction of sp³-hybridized carbons (Fsp3) is 0.533. The lowest BCUT2D eigenvalue weighted by molar-refractivity contribution is 0.788. The summed E-state index contributed by atoms with van der Waals surface area (Å²) in [6, 6.07) is 1.99. The summed E-state index contributed by atoms with van der Waals surface area (Å²) in [4.78, 5) is 13.6. The van der Waals surface area contributed by atoms with Crippen molar-refractivity contribution >= 4 is 23.0 Å². The molecule has 1 aliphatic carbocycles. The van der Waals surface area contributed by atoms with E-state index in [2.05, 4.69) is 39.4 Å². The van der Waals surface area contributed by atoms with Crippen LogP contribution >= 0.6 is 11.3 Å². The Morgan fingerprint density at radius 1 is 1.29 bits per heavy atom. The molecule has 0 aromatic carbocycles. The molecule has 6 heteroatoms. The molecule has 5 nitrogen and oxygen atoms in total. The molecule has 2 heterocycles. The molecule has 0 radical (unpaired) electrons. The van der Waals surface area contributed by atoms with Gasteiger partial charge in [-0.3, -0.25) is 0 Å². The minimum atomic E-state index is 0.381. The van der Waals surface area contributed by atoms with E-state index < -0.39 is 0 Å². The quantitative estimate of drug-likeness (QED) is 0.820. The fourth-order valence-corrected chi connectivity index (χ4v) is 2.87. The van der Waals surface area contributed by atoms with Crippen LogP contribution in [0.5, 0.6) is 0 Å².